The zero-order valence-electron chi connectivity index (χ0n) is 13.3. The third kappa shape index (κ3) is 5.09. The van der Waals surface area contributed by atoms with Crippen molar-refractivity contribution in [2.45, 2.75) is 32.4 Å². The number of hydrogen-bond acceptors (Lipinski definition) is 4. The van der Waals surface area contributed by atoms with E-state index in [1.54, 1.807) is 11.3 Å². The molecule has 118 valence electrons. The number of rotatable bonds is 6. The second-order valence-corrected chi connectivity index (χ2v) is 7.25. The fourth-order valence-electron chi connectivity index (χ4n) is 2.79. The summed E-state index contributed by atoms with van der Waals surface area (Å²) in [6.07, 6.45) is 1.92. The first-order chi connectivity index (χ1) is 10.1. The van der Waals surface area contributed by atoms with Crippen LogP contribution in [0.15, 0.2) is 17.5 Å². The Morgan fingerprint density at radius 2 is 2.24 bits per heavy atom. The Balaban J connectivity index is 2.00. The number of hydrogen-bond donors (Lipinski definition) is 1. The number of thiophene rings is 1. The third-order valence-electron chi connectivity index (χ3n) is 4.03. The quantitative estimate of drug-likeness (QED) is 0.873. The van der Waals surface area contributed by atoms with Crippen LogP contribution in [0.4, 0.5) is 0 Å². The lowest BCUT2D eigenvalue weighted by atomic mass is 9.92. The molecule has 1 saturated heterocycles. The number of likely N-dealkylation sites (N-methyl/N-ethyl adjacent to an activating group) is 1. The zero-order valence-corrected chi connectivity index (χ0v) is 14.2. The molecule has 1 aromatic rings. The van der Waals surface area contributed by atoms with Gasteiger partial charge >= 0.3 is 0 Å². The molecule has 0 aromatic carbocycles. The van der Waals surface area contributed by atoms with E-state index in [0.717, 1.165) is 39.0 Å². The third-order valence-corrected chi connectivity index (χ3v) is 4.89. The first-order valence-electron chi connectivity index (χ1n) is 7.75. The van der Waals surface area contributed by atoms with Crippen LogP contribution in [0.5, 0.6) is 0 Å². The summed E-state index contributed by atoms with van der Waals surface area (Å²) in [5.41, 5.74) is 0. The second-order valence-electron chi connectivity index (χ2n) is 6.22. The molecule has 5 heteroatoms. The average Bonchev–Trinajstić information content (AvgIpc) is 2.95. The van der Waals surface area contributed by atoms with Gasteiger partial charge in [-0.15, -0.1) is 11.3 Å². The molecule has 0 unspecified atom stereocenters. The lowest BCUT2D eigenvalue weighted by Gasteiger charge is -2.32. The maximum absolute atomic E-state index is 12.9. The number of carbonyl (C=O) groups is 1. The van der Waals surface area contributed by atoms with Gasteiger partial charge < -0.3 is 15.1 Å². The van der Waals surface area contributed by atoms with Crippen LogP contribution in [0.1, 0.15) is 24.6 Å². The van der Waals surface area contributed by atoms with Crippen molar-refractivity contribution < 1.29 is 4.79 Å². The van der Waals surface area contributed by atoms with Crippen molar-refractivity contribution in [3.05, 3.63) is 22.4 Å². The van der Waals surface area contributed by atoms with Crippen molar-refractivity contribution >= 4 is 17.2 Å². The molecule has 2 heterocycles. The maximum atomic E-state index is 12.9. The van der Waals surface area contributed by atoms with Crippen LogP contribution in [0, 0.1) is 5.92 Å². The SMILES string of the molecule is C[C@H]1C[C@@H](C(=O)N(CCN(C)C)Cc2cccs2)CCN1. The van der Waals surface area contributed by atoms with Crippen LogP contribution in [0.3, 0.4) is 0 Å². The smallest absolute Gasteiger partial charge is 0.226 e. The van der Waals surface area contributed by atoms with Gasteiger partial charge in [0.05, 0.1) is 6.54 Å². The maximum Gasteiger partial charge on any atom is 0.226 e. The van der Waals surface area contributed by atoms with Crippen molar-refractivity contribution in [1.29, 1.82) is 0 Å². The lowest BCUT2D eigenvalue weighted by Crippen LogP contribution is -2.45. The highest BCUT2D eigenvalue weighted by Gasteiger charge is 2.28. The van der Waals surface area contributed by atoms with Crippen molar-refractivity contribution in [1.82, 2.24) is 15.1 Å². The van der Waals surface area contributed by atoms with E-state index in [0.29, 0.717) is 11.9 Å². The van der Waals surface area contributed by atoms with E-state index in [4.69, 9.17) is 0 Å². The minimum atomic E-state index is 0.184. The summed E-state index contributed by atoms with van der Waals surface area (Å²) >= 11 is 1.73. The molecule has 0 bridgehead atoms. The highest BCUT2D eigenvalue weighted by molar-refractivity contribution is 7.09. The van der Waals surface area contributed by atoms with E-state index in [9.17, 15) is 4.79 Å². The monoisotopic (exact) mass is 309 g/mol. The van der Waals surface area contributed by atoms with Crippen molar-refractivity contribution in [2.75, 3.05) is 33.7 Å². The van der Waals surface area contributed by atoms with Gasteiger partial charge in [0, 0.05) is 29.9 Å². The Morgan fingerprint density at radius 3 is 2.86 bits per heavy atom. The molecule has 1 aromatic heterocycles. The molecule has 21 heavy (non-hydrogen) atoms. The van der Waals surface area contributed by atoms with E-state index in [1.807, 2.05) is 0 Å². The van der Waals surface area contributed by atoms with E-state index in [2.05, 4.69) is 53.6 Å². The Bertz CT molecular complexity index is 433. The molecule has 0 aliphatic carbocycles. The van der Waals surface area contributed by atoms with E-state index < -0.39 is 0 Å². The van der Waals surface area contributed by atoms with Crippen LogP contribution in [0.2, 0.25) is 0 Å². The van der Waals surface area contributed by atoms with Gasteiger partial charge in [0.1, 0.15) is 0 Å². The molecule has 2 rings (SSSR count). The highest BCUT2D eigenvalue weighted by Crippen LogP contribution is 2.21. The summed E-state index contributed by atoms with van der Waals surface area (Å²) in [6.45, 7) is 5.60. The molecule has 1 fully saturated rings. The fraction of sp³-hybridized carbons (Fsp3) is 0.688. The van der Waals surface area contributed by atoms with E-state index in [-0.39, 0.29) is 5.92 Å². The first-order valence-corrected chi connectivity index (χ1v) is 8.63. The van der Waals surface area contributed by atoms with Gasteiger partial charge in [-0.3, -0.25) is 4.79 Å². The van der Waals surface area contributed by atoms with Crippen LogP contribution in [0.25, 0.3) is 0 Å². The van der Waals surface area contributed by atoms with Crippen LogP contribution in [-0.2, 0) is 11.3 Å². The fourth-order valence-corrected chi connectivity index (χ4v) is 3.51. The molecule has 0 spiro atoms. The van der Waals surface area contributed by atoms with Crippen LogP contribution in [-0.4, -0.2) is 55.5 Å². The molecular formula is C16H27N3OS. The Hall–Kier alpha value is -0.910. The van der Waals surface area contributed by atoms with Crippen LogP contribution >= 0.6 is 11.3 Å². The molecule has 1 N–H and O–H groups in total. The molecule has 0 radical (unpaired) electrons. The molecule has 1 aliphatic heterocycles. The number of nitrogens with zero attached hydrogens (tertiary/aromatic N) is 2. The van der Waals surface area contributed by atoms with Gasteiger partial charge in [0.25, 0.3) is 0 Å². The van der Waals surface area contributed by atoms with Crippen molar-refractivity contribution in [2.24, 2.45) is 5.92 Å². The summed E-state index contributed by atoms with van der Waals surface area (Å²) in [4.78, 5) is 18.3. The molecule has 4 nitrogen and oxygen atoms in total. The summed E-state index contributed by atoms with van der Waals surface area (Å²) in [5.74, 6) is 0.516. The summed E-state index contributed by atoms with van der Waals surface area (Å²) in [6, 6.07) is 4.62. The molecule has 1 aliphatic rings. The predicted octanol–water partition coefficient (Wildman–Crippen LogP) is 2.03. The van der Waals surface area contributed by atoms with Gasteiger partial charge in [0.2, 0.25) is 5.91 Å². The molecule has 0 saturated carbocycles. The normalized spacial score (nSPS) is 22.5. The summed E-state index contributed by atoms with van der Waals surface area (Å²) < 4.78 is 0. The van der Waals surface area contributed by atoms with Gasteiger partial charge in [-0.2, -0.15) is 0 Å². The van der Waals surface area contributed by atoms with Gasteiger partial charge in [0.15, 0.2) is 0 Å². The summed E-state index contributed by atoms with van der Waals surface area (Å²) in [5, 5.41) is 5.50. The second kappa shape index (κ2) is 7.92. The Kier molecular flexibility index (Phi) is 6.21. The number of carbonyl (C=O) groups excluding carboxylic acids is 1. The van der Waals surface area contributed by atoms with Crippen LogP contribution < -0.4 is 5.32 Å². The predicted molar refractivity (Wildman–Crippen MR) is 88.5 cm³/mol. The Morgan fingerprint density at radius 1 is 1.43 bits per heavy atom. The number of amides is 1. The zero-order chi connectivity index (χ0) is 15.2. The molecule has 1 amide bonds. The van der Waals surface area contributed by atoms with E-state index >= 15 is 0 Å². The minimum Gasteiger partial charge on any atom is -0.336 e. The number of piperidine rings is 1. The van der Waals surface area contributed by atoms with Gasteiger partial charge in [-0.05, 0) is 51.9 Å². The minimum absolute atomic E-state index is 0.184. The van der Waals surface area contributed by atoms with Crippen molar-refractivity contribution in [3.63, 3.8) is 0 Å². The van der Waals surface area contributed by atoms with Crippen molar-refractivity contribution in [3.8, 4) is 0 Å². The topological polar surface area (TPSA) is 35.6 Å². The van der Waals surface area contributed by atoms with E-state index in [1.165, 1.54) is 4.88 Å². The molecular weight excluding hydrogens is 282 g/mol. The highest BCUT2D eigenvalue weighted by atomic mass is 32.1. The Labute approximate surface area is 132 Å². The summed E-state index contributed by atoms with van der Waals surface area (Å²) in [7, 11) is 4.11. The number of nitrogens with one attached hydrogen (secondary N) is 1. The first kappa shape index (κ1) is 16.5. The molecule has 2 atom stereocenters. The largest absolute Gasteiger partial charge is 0.336 e. The average molecular weight is 309 g/mol. The van der Waals surface area contributed by atoms with Gasteiger partial charge in [-0.1, -0.05) is 6.07 Å². The standard InChI is InChI=1S/C16H27N3OS/c1-13-11-14(6-7-17-13)16(20)19(9-8-18(2)3)12-15-5-4-10-21-15/h4-5,10,13-14,17H,6-9,11-12H2,1-3H3/t13-,14-/m0/s1. The lowest BCUT2D eigenvalue weighted by molar-refractivity contribution is -0.137. The van der Waals surface area contributed by atoms with Gasteiger partial charge in [-0.25, -0.2) is 0 Å².